The van der Waals surface area contributed by atoms with Crippen molar-refractivity contribution in [3.05, 3.63) is 23.5 Å². The van der Waals surface area contributed by atoms with E-state index in [2.05, 4.69) is 25.6 Å². The first kappa shape index (κ1) is 17.4. The van der Waals surface area contributed by atoms with Crippen molar-refractivity contribution in [2.24, 2.45) is 44.9 Å². The zero-order chi connectivity index (χ0) is 20.3. The molecule has 10 N–H and O–H groups in total. The molecule has 154 valence electrons. The minimum atomic E-state index is -1.18. The first-order valence-corrected chi connectivity index (χ1v) is 10.0. The molecule has 12 heteroatoms. The second-order valence-electron chi connectivity index (χ2n) is 8.48. The van der Waals surface area contributed by atoms with Crippen LogP contribution < -0.4 is 27.8 Å². The van der Waals surface area contributed by atoms with E-state index < -0.39 is 28.8 Å². The normalized spacial score (nSPS) is 46.6. The van der Waals surface area contributed by atoms with Crippen molar-refractivity contribution < 1.29 is 9.90 Å². The molecule has 29 heavy (non-hydrogen) atoms. The minimum absolute atomic E-state index is 0.102. The van der Waals surface area contributed by atoms with Gasteiger partial charge in [-0.1, -0.05) is 0 Å². The Morgan fingerprint density at radius 2 is 2.07 bits per heavy atom. The lowest BCUT2D eigenvalue weighted by Crippen LogP contribution is -2.73. The molecule has 8 atom stereocenters. The SMILES string of the molecule is NC[C@H]1[C@H]2CN3C(=O)c4[nH]ccc4[C@H]4N=C(N)N[C@]43[C@H]2[C@@]2(NC(N)=N[C@@H]2O)[C@H]1Cl. The molecule has 1 aromatic rings. The van der Waals surface area contributed by atoms with Crippen molar-refractivity contribution in [2.75, 3.05) is 13.1 Å². The van der Waals surface area contributed by atoms with Crippen molar-refractivity contribution in [1.82, 2.24) is 20.5 Å². The first-order valence-electron chi connectivity index (χ1n) is 9.60. The van der Waals surface area contributed by atoms with Crippen LogP contribution >= 0.6 is 11.6 Å². The molecule has 1 saturated heterocycles. The predicted octanol–water partition coefficient (Wildman–Crippen LogP) is -2.46. The summed E-state index contributed by atoms with van der Waals surface area (Å²) in [6, 6.07) is 1.39. The Labute approximate surface area is 170 Å². The lowest BCUT2D eigenvalue weighted by atomic mass is 9.70. The number of nitrogens with one attached hydrogen (secondary N) is 3. The number of nitrogens with two attached hydrogens (primary N) is 3. The van der Waals surface area contributed by atoms with Gasteiger partial charge in [-0.2, -0.15) is 0 Å². The van der Waals surface area contributed by atoms with Crippen LogP contribution in [0.4, 0.5) is 0 Å². The van der Waals surface area contributed by atoms with E-state index in [4.69, 9.17) is 28.8 Å². The topological polar surface area (TPSA) is 183 Å². The van der Waals surface area contributed by atoms with Gasteiger partial charge < -0.3 is 42.8 Å². The molecule has 1 saturated carbocycles. The molecule has 1 aliphatic carbocycles. The van der Waals surface area contributed by atoms with Gasteiger partial charge in [0.25, 0.3) is 5.91 Å². The number of H-pyrrole nitrogens is 1. The summed E-state index contributed by atoms with van der Waals surface area (Å²) in [5, 5.41) is 16.9. The smallest absolute Gasteiger partial charge is 0.272 e. The number of amides is 1. The first-order chi connectivity index (χ1) is 13.9. The van der Waals surface area contributed by atoms with Crippen LogP contribution in [0.3, 0.4) is 0 Å². The Balaban J connectivity index is 1.60. The summed E-state index contributed by atoms with van der Waals surface area (Å²) in [5.41, 5.74) is 17.4. The zero-order valence-corrected chi connectivity index (χ0v) is 16.1. The highest BCUT2D eigenvalue weighted by Crippen LogP contribution is 2.64. The summed E-state index contributed by atoms with van der Waals surface area (Å²) in [6.07, 6.45) is 0.539. The van der Waals surface area contributed by atoms with Crippen LogP contribution in [0, 0.1) is 17.8 Å². The van der Waals surface area contributed by atoms with Crippen molar-refractivity contribution in [2.45, 2.75) is 28.8 Å². The Hall–Kier alpha value is -2.50. The third-order valence-corrected chi connectivity index (χ3v) is 8.18. The maximum atomic E-state index is 13.4. The average molecular weight is 420 g/mol. The third-order valence-electron chi connectivity index (χ3n) is 7.49. The zero-order valence-electron chi connectivity index (χ0n) is 15.3. The van der Waals surface area contributed by atoms with Gasteiger partial charge in [-0.15, -0.1) is 11.6 Å². The van der Waals surface area contributed by atoms with Gasteiger partial charge in [0.15, 0.2) is 18.1 Å². The van der Waals surface area contributed by atoms with Crippen molar-refractivity contribution in [3.8, 4) is 0 Å². The van der Waals surface area contributed by atoms with Crippen LogP contribution in [-0.2, 0) is 0 Å². The van der Waals surface area contributed by atoms with E-state index in [0.29, 0.717) is 18.8 Å². The van der Waals surface area contributed by atoms with Crippen LogP contribution in [0.25, 0.3) is 0 Å². The molecule has 1 aromatic heterocycles. The number of aromatic amines is 1. The van der Waals surface area contributed by atoms with Gasteiger partial charge in [0, 0.05) is 24.2 Å². The van der Waals surface area contributed by atoms with Gasteiger partial charge >= 0.3 is 0 Å². The summed E-state index contributed by atoms with van der Waals surface area (Å²) in [6.45, 7) is 0.713. The standard InChI is InChI=1S/C17H22ClN9O2/c18-10-6(3-19)7-4-27-12(28)8-5(1-2-22-8)11-17(27,26-14(20)23-11)9(7)16(10)13(29)24-15(21)25-16/h1-2,6-7,9-11,13,22,29H,3-4,19H2,(H3,20,23,26)(H3,21,24,25)/t6-,7+,9+,10-,11+,13+,16+,17-/m0/s1. The van der Waals surface area contributed by atoms with E-state index >= 15 is 0 Å². The number of guanidine groups is 2. The molecule has 0 aromatic carbocycles. The summed E-state index contributed by atoms with van der Waals surface area (Å²) < 4.78 is 0. The number of nitrogens with zero attached hydrogens (tertiary/aromatic N) is 3. The molecule has 11 nitrogen and oxygen atoms in total. The van der Waals surface area contributed by atoms with Crippen LogP contribution in [0.5, 0.6) is 0 Å². The van der Waals surface area contributed by atoms with Gasteiger partial charge in [-0.3, -0.25) is 4.79 Å². The number of aliphatic hydroxyl groups excluding tert-OH is 1. The van der Waals surface area contributed by atoms with Crippen LogP contribution in [-0.4, -0.2) is 68.7 Å². The number of aliphatic imine (C=N–C) groups is 2. The van der Waals surface area contributed by atoms with Crippen LogP contribution in [0.2, 0.25) is 0 Å². The quantitative estimate of drug-likeness (QED) is 0.246. The molecule has 5 heterocycles. The summed E-state index contributed by atoms with van der Waals surface area (Å²) in [7, 11) is 0. The van der Waals surface area contributed by atoms with E-state index in [1.165, 1.54) is 0 Å². The largest absolute Gasteiger partial charge is 0.370 e. The fourth-order valence-electron chi connectivity index (χ4n) is 6.60. The Kier molecular flexibility index (Phi) is 3.09. The Morgan fingerprint density at radius 1 is 1.31 bits per heavy atom. The fraction of sp³-hybridized carbons (Fsp3) is 0.588. The minimum Gasteiger partial charge on any atom is -0.370 e. The van der Waals surface area contributed by atoms with Gasteiger partial charge in [0.2, 0.25) is 0 Å². The Morgan fingerprint density at radius 3 is 2.76 bits per heavy atom. The molecule has 4 aliphatic heterocycles. The highest BCUT2D eigenvalue weighted by molar-refractivity contribution is 6.22. The lowest BCUT2D eigenvalue weighted by molar-refractivity contribution is -0.0123. The monoisotopic (exact) mass is 419 g/mol. The molecule has 0 unspecified atom stereocenters. The fourth-order valence-corrected chi connectivity index (χ4v) is 7.19. The number of fused-ring (bicyclic) bond motifs is 4. The Bertz CT molecular complexity index is 993. The van der Waals surface area contributed by atoms with Gasteiger partial charge in [-0.05, 0) is 24.4 Å². The third kappa shape index (κ3) is 1.68. The average Bonchev–Trinajstić information content (AvgIpc) is 3.42. The van der Waals surface area contributed by atoms with E-state index in [1.54, 1.807) is 11.1 Å². The van der Waals surface area contributed by atoms with Gasteiger partial charge in [-0.25, -0.2) is 9.98 Å². The number of rotatable bonds is 1. The van der Waals surface area contributed by atoms with Crippen molar-refractivity contribution >= 4 is 29.4 Å². The number of halogens is 1. The van der Waals surface area contributed by atoms with E-state index in [9.17, 15) is 9.90 Å². The number of hydrogen-bond donors (Lipinski definition) is 7. The molecule has 1 amide bonds. The van der Waals surface area contributed by atoms with E-state index in [1.807, 2.05) is 6.07 Å². The summed E-state index contributed by atoms with van der Waals surface area (Å²) in [4.78, 5) is 27.0. The van der Waals surface area contributed by atoms with Crippen LogP contribution in [0.1, 0.15) is 22.1 Å². The predicted molar refractivity (Wildman–Crippen MR) is 105 cm³/mol. The number of aliphatic hydroxyl groups is 1. The van der Waals surface area contributed by atoms with Crippen molar-refractivity contribution in [3.63, 3.8) is 0 Å². The van der Waals surface area contributed by atoms with Crippen LogP contribution in [0.15, 0.2) is 22.2 Å². The number of carbonyl (C=O) groups is 1. The van der Waals surface area contributed by atoms with Gasteiger partial charge in [0.1, 0.15) is 22.9 Å². The van der Waals surface area contributed by atoms with Crippen molar-refractivity contribution in [1.29, 1.82) is 0 Å². The molecular weight excluding hydrogens is 398 g/mol. The number of alkyl halides is 1. The number of carbonyl (C=O) groups excluding carboxylic acids is 1. The van der Waals surface area contributed by atoms with E-state index in [-0.39, 0.29) is 35.6 Å². The second-order valence-corrected chi connectivity index (χ2v) is 8.95. The number of aromatic nitrogens is 1. The molecule has 2 spiro atoms. The number of hydrogen-bond acceptors (Lipinski definition) is 9. The maximum absolute atomic E-state index is 13.4. The molecule has 2 fully saturated rings. The maximum Gasteiger partial charge on any atom is 0.272 e. The molecule has 6 rings (SSSR count). The summed E-state index contributed by atoms with van der Waals surface area (Å²) >= 11 is 6.94. The molecular formula is C17H22ClN9O2. The summed E-state index contributed by atoms with van der Waals surface area (Å²) in [5.74, 6) is -0.446. The van der Waals surface area contributed by atoms with Gasteiger partial charge in [0.05, 0.1) is 5.38 Å². The van der Waals surface area contributed by atoms with E-state index in [0.717, 1.165) is 5.56 Å². The highest BCUT2D eigenvalue weighted by atomic mass is 35.5. The lowest BCUT2D eigenvalue weighted by Gasteiger charge is -2.51. The highest BCUT2D eigenvalue weighted by Gasteiger charge is 2.78. The molecule has 0 bridgehead atoms. The molecule has 5 aliphatic rings. The second kappa shape index (κ2) is 5.15. The molecule has 0 radical (unpaired) electrons.